The summed E-state index contributed by atoms with van der Waals surface area (Å²) in [6.45, 7) is 7.69. The Morgan fingerprint density at radius 1 is 1.40 bits per heavy atom. The summed E-state index contributed by atoms with van der Waals surface area (Å²) in [4.78, 5) is 27.9. The molecule has 25 heavy (non-hydrogen) atoms. The van der Waals surface area contributed by atoms with Crippen molar-refractivity contribution in [3.63, 3.8) is 0 Å². The zero-order valence-electron chi connectivity index (χ0n) is 15.5. The number of amides is 3. The van der Waals surface area contributed by atoms with Crippen molar-refractivity contribution in [1.82, 2.24) is 25.7 Å². The van der Waals surface area contributed by atoms with Gasteiger partial charge >= 0.3 is 6.03 Å². The smallest absolute Gasteiger partial charge is 0.315 e. The first-order chi connectivity index (χ1) is 11.9. The third-order valence-corrected chi connectivity index (χ3v) is 4.43. The van der Waals surface area contributed by atoms with Gasteiger partial charge in [0.1, 0.15) is 6.04 Å². The summed E-state index contributed by atoms with van der Waals surface area (Å²) in [5, 5.41) is 14.0. The lowest BCUT2D eigenvalue weighted by Gasteiger charge is -2.34. The molecule has 1 saturated heterocycles. The Labute approximate surface area is 149 Å². The Hall–Kier alpha value is -2.38. The van der Waals surface area contributed by atoms with E-state index >= 15 is 0 Å². The molecule has 2 rings (SSSR count). The minimum atomic E-state index is -0.549. The van der Waals surface area contributed by atoms with E-state index in [0.29, 0.717) is 13.1 Å². The lowest BCUT2D eigenvalue weighted by atomic mass is 10.1. The maximum atomic E-state index is 12.2. The minimum Gasteiger partial charge on any atom is -0.353 e. The molecule has 1 aromatic heterocycles. The molecule has 0 bridgehead atoms. The number of likely N-dealkylation sites (N-methyl/N-ethyl adjacent to an activating group) is 1. The van der Waals surface area contributed by atoms with Crippen LogP contribution in [-0.2, 0) is 4.79 Å². The molecule has 0 spiro atoms. The van der Waals surface area contributed by atoms with Crippen LogP contribution in [-0.4, -0.2) is 65.8 Å². The van der Waals surface area contributed by atoms with Gasteiger partial charge in [-0.05, 0) is 45.7 Å². The number of hydrogen-bond donors (Lipinski definition) is 2. The van der Waals surface area contributed by atoms with E-state index in [9.17, 15) is 9.59 Å². The predicted octanol–water partition coefficient (Wildman–Crippen LogP) is 0.920. The first-order valence-corrected chi connectivity index (χ1v) is 8.78. The highest BCUT2D eigenvalue weighted by molar-refractivity contribution is 5.86. The molecule has 1 aromatic rings. The average Bonchev–Trinajstić information content (AvgIpc) is 2.61. The van der Waals surface area contributed by atoms with Gasteiger partial charge in [0.15, 0.2) is 5.82 Å². The van der Waals surface area contributed by atoms with Crippen LogP contribution in [0.25, 0.3) is 0 Å². The Morgan fingerprint density at radius 2 is 2.16 bits per heavy atom. The zero-order valence-corrected chi connectivity index (χ0v) is 15.5. The van der Waals surface area contributed by atoms with Crippen LogP contribution in [0.5, 0.6) is 0 Å². The van der Waals surface area contributed by atoms with Crippen molar-refractivity contribution in [2.24, 2.45) is 0 Å². The lowest BCUT2D eigenvalue weighted by molar-refractivity contribution is -0.131. The number of nitrogens with zero attached hydrogens (tertiary/aromatic N) is 4. The van der Waals surface area contributed by atoms with E-state index in [1.54, 1.807) is 18.9 Å². The van der Waals surface area contributed by atoms with Gasteiger partial charge in [-0.25, -0.2) is 4.79 Å². The summed E-state index contributed by atoms with van der Waals surface area (Å²) in [6.07, 6.45) is 1.87. The number of urea groups is 1. The van der Waals surface area contributed by atoms with Gasteiger partial charge < -0.3 is 20.4 Å². The molecular formula is C17H28N6O2. The summed E-state index contributed by atoms with van der Waals surface area (Å²) in [6, 6.07) is 3.04. The zero-order chi connectivity index (χ0) is 18.4. The van der Waals surface area contributed by atoms with Crippen LogP contribution in [0, 0.1) is 6.92 Å². The first-order valence-electron chi connectivity index (χ1n) is 8.78. The van der Waals surface area contributed by atoms with Crippen molar-refractivity contribution in [3.05, 3.63) is 17.8 Å². The van der Waals surface area contributed by atoms with Crippen molar-refractivity contribution in [2.45, 2.75) is 45.7 Å². The summed E-state index contributed by atoms with van der Waals surface area (Å²) >= 11 is 0. The number of hydrogen-bond acceptors (Lipinski definition) is 5. The van der Waals surface area contributed by atoms with E-state index in [-0.39, 0.29) is 18.0 Å². The molecular weight excluding hydrogens is 320 g/mol. The van der Waals surface area contributed by atoms with Crippen LogP contribution in [0.1, 0.15) is 32.4 Å². The van der Waals surface area contributed by atoms with Crippen molar-refractivity contribution in [2.75, 3.05) is 31.6 Å². The maximum absolute atomic E-state index is 12.2. The molecule has 0 aromatic carbocycles. The van der Waals surface area contributed by atoms with Crippen LogP contribution in [0.3, 0.4) is 0 Å². The van der Waals surface area contributed by atoms with E-state index in [1.807, 2.05) is 26.0 Å². The van der Waals surface area contributed by atoms with Gasteiger partial charge in [-0.3, -0.25) is 4.79 Å². The Kier molecular flexibility index (Phi) is 6.55. The second kappa shape index (κ2) is 8.64. The van der Waals surface area contributed by atoms with Crippen molar-refractivity contribution >= 4 is 17.8 Å². The second-order valence-corrected chi connectivity index (χ2v) is 6.51. The Balaban J connectivity index is 1.86. The normalized spacial score (nSPS) is 18.4. The van der Waals surface area contributed by atoms with Gasteiger partial charge in [-0.15, -0.1) is 5.10 Å². The van der Waals surface area contributed by atoms with Gasteiger partial charge in [0.2, 0.25) is 5.91 Å². The van der Waals surface area contributed by atoms with Crippen molar-refractivity contribution < 1.29 is 9.59 Å². The quantitative estimate of drug-likeness (QED) is 0.826. The summed E-state index contributed by atoms with van der Waals surface area (Å²) < 4.78 is 0. The third kappa shape index (κ3) is 5.30. The van der Waals surface area contributed by atoms with E-state index < -0.39 is 6.04 Å². The molecule has 2 atom stereocenters. The molecule has 0 unspecified atom stereocenters. The number of aryl methyl sites for hydroxylation is 1. The van der Waals surface area contributed by atoms with E-state index in [0.717, 1.165) is 30.9 Å². The first kappa shape index (κ1) is 19.0. The van der Waals surface area contributed by atoms with Gasteiger partial charge in [-0.2, -0.15) is 5.10 Å². The van der Waals surface area contributed by atoms with Crippen LogP contribution < -0.4 is 15.5 Å². The molecule has 8 heteroatoms. The van der Waals surface area contributed by atoms with Gasteiger partial charge in [0.25, 0.3) is 0 Å². The number of piperidine rings is 1. The Morgan fingerprint density at radius 3 is 2.80 bits per heavy atom. The fourth-order valence-corrected chi connectivity index (χ4v) is 2.84. The molecule has 3 amide bonds. The standard InChI is InChI=1S/C17H28N6O2/c1-5-22(4)16(24)13(3)18-17(25)19-14-7-6-10-23(11-14)15-9-8-12(2)20-21-15/h8-9,13-14H,5-7,10-11H2,1-4H3,(H2,18,19,25)/t13-,14+/m0/s1. The largest absolute Gasteiger partial charge is 0.353 e. The molecule has 1 aliphatic heterocycles. The monoisotopic (exact) mass is 348 g/mol. The van der Waals surface area contributed by atoms with E-state index in [4.69, 9.17) is 0 Å². The molecule has 1 aliphatic rings. The number of carbonyl (C=O) groups is 2. The van der Waals surface area contributed by atoms with Gasteiger partial charge in [0, 0.05) is 32.7 Å². The molecule has 1 fully saturated rings. The average molecular weight is 348 g/mol. The number of anilines is 1. The van der Waals surface area contributed by atoms with Crippen LogP contribution in [0.15, 0.2) is 12.1 Å². The van der Waals surface area contributed by atoms with Crippen molar-refractivity contribution in [1.29, 1.82) is 0 Å². The fraction of sp³-hybridized carbons (Fsp3) is 0.647. The Bertz CT molecular complexity index is 591. The summed E-state index contributed by atoms with van der Waals surface area (Å²) in [5.74, 6) is 0.725. The van der Waals surface area contributed by atoms with E-state index in [2.05, 4.69) is 25.7 Å². The summed E-state index contributed by atoms with van der Waals surface area (Å²) in [5.41, 5.74) is 0.880. The van der Waals surface area contributed by atoms with Crippen LogP contribution >= 0.6 is 0 Å². The van der Waals surface area contributed by atoms with Crippen LogP contribution in [0.2, 0.25) is 0 Å². The van der Waals surface area contributed by atoms with Crippen molar-refractivity contribution in [3.8, 4) is 0 Å². The number of carbonyl (C=O) groups excluding carboxylic acids is 2. The molecule has 8 nitrogen and oxygen atoms in total. The number of rotatable bonds is 5. The highest BCUT2D eigenvalue weighted by Crippen LogP contribution is 2.17. The topological polar surface area (TPSA) is 90.5 Å². The summed E-state index contributed by atoms with van der Waals surface area (Å²) in [7, 11) is 1.72. The van der Waals surface area contributed by atoms with Crippen LogP contribution in [0.4, 0.5) is 10.6 Å². The molecule has 2 heterocycles. The SMILES string of the molecule is CCN(C)C(=O)[C@H](C)NC(=O)N[C@@H]1CCCN(c2ccc(C)nn2)C1. The fourth-order valence-electron chi connectivity index (χ4n) is 2.84. The second-order valence-electron chi connectivity index (χ2n) is 6.51. The molecule has 138 valence electrons. The van der Waals surface area contributed by atoms with Gasteiger partial charge in [-0.1, -0.05) is 0 Å². The molecule has 0 saturated carbocycles. The molecule has 2 N–H and O–H groups in total. The minimum absolute atomic E-state index is 0.0167. The van der Waals surface area contributed by atoms with Gasteiger partial charge in [0.05, 0.1) is 5.69 Å². The lowest BCUT2D eigenvalue weighted by Crippen LogP contribution is -2.54. The maximum Gasteiger partial charge on any atom is 0.315 e. The number of nitrogens with one attached hydrogen (secondary N) is 2. The van der Waals surface area contributed by atoms with E-state index in [1.165, 1.54) is 0 Å². The molecule has 0 radical (unpaired) electrons. The highest BCUT2D eigenvalue weighted by Gasteiger charge is 2.24. The predicted molar refractivity (Wildman–Crippen MR) is 96.4 cm³/mol. The highest BCUT2D eigenvalue weighted by atomic mass is 16.2. The number of aromatic nitrogens is 2. The third-order valence-electron chi connectivity index (χ3n) is 4.43. The molecule has 0 aliphatic carbocycles.